The van der Waals surface area contributed by atoms with E-state index in [-0.39, 0.29) is 0 Å². The fourth-order valence-corrected chi connectivity index (χ4v) is 9.79. The summed E-state index contributed by atoms with van der Waals surface area (Å²) in [6, 6.07) is 47.1. The summed E-state index contributed by atoms with van der Waals surface area (Å²) in [5, 5.41) is 5.63. The maximum Gasteiger partial charge on any atom is 0.494 e. The van der Waals surface area contributed by atoms with Crippen molar-refractivity contribution in [2.75, 3.05) is 9.34 Å². The summed E-state index contributed by atoms with van der Waals surface area (Å²) in [6.07, 6.45) is 0. The lowest BCUT2D eigenvalue weighted by Crippen LogP contribution is -2.41. The van der Waals surface area contributed by atoms with Gasteiger partial charge in [-0.1, -0.05) is 72.8 Å². The van der Waals surface area contributed by atoms with Gasteiger partial charge in [0.05, 0.1) is 22.6 Å². The number of hydrogen-bond acceptors (Lipinski definition) is 6. The third-order valence-corrected chi connectivity index (χ3v) is 13.0. The normalized spacial score (nSPS) is 18.2. The van der Waals surface area contributed by atoms with Gasteiger partial charge in [-0.25, -0.2) is 0 Å². The molecule has 0 amide bonds. The van der Waals surface area contributed by atoms with E-state index >= 15 is 0 Å². The van der Waals surface area contributed by atoms with Crippen LogP contribution in [0.25, 0.3) is 43.9 Å². The molecule has 0 bridgehead atoms. The maximum atomic E-state index is 6.58. The number of para-hydroxylation sites is 2. The summed E-state index contributed by atoms with van der Waals surface area (Å²) in [4.78, 5) is 0. The van der Waals surface area contributed by atoms with Crippen LogP contribution in [-0.2, 0) is 9.31 Å². The van der Waals surface area contributed by atoms with Gasteiger partial charge in [-0.05, 0) is 93.8 Å². The molecule has 6 aromatic carbocycles. The van der Waals surface area contributed by atoms with E-state index in [1.807, 2.05) is 24.3 Å². The molecule has 6 nitrogen and oxygen atoms in total. The second kappa shape index (κ2) is 10.7. The number of fused-ring (bicyclic) bond motifs is 7. The predicted molar refractivity (Wildman–Crippen MR) is 207 cm³/mol. The maximum absolute atomic E-state index is 6.58. The Morgan fingerprint density at radius 2 is 0.980 bits per heavy atom. The van der Waals surface area contributed by atoms with Crippen molar-refractivity contribution in [2.45, 2.75) is 38.9 Å². The van der Waals surface area contributed by atoms with Crippen LogP contribution in [0.2, 0.25) is 0 Å². The Morgan fingerprint density at radius 1 is 0.480 bits per heavy atom. The molecular formula is C42H34BN2O4P. The molecule has 1 saturated heterocycles. The molecule has 244 valence electrons. The van der Waals surface area contributed by atoms with Gasteiger partial charge in [-0.3, -0.25) is 9.34 Å². The van der Waals surface area contributed by atoms with Gasteiger partial charge in [0.15, 0.2) is 0 Å². The van der Waals surface area contributed by atoms with Gasteiger partial charge in [0.25, 0.3) is 0 Å². The molecule has 1 fully saturated rings. The van der Waals surface area contributed by atoms with Crippen molar-refractivity contribution in [3.8, 4) is 0 Å². The Hall–Kier alpha value is -5.07. The Labute approximate surface area is 291 Å². The van der Waals surface area contributed by atoms with E-state index in [0.717, 1.165) is 72.1 Å². The third kappa shape index (κ3) is 4.40. The first-order valence-corrected chi connectivity index (χ1v) is 18.3. The van der Waals surface area contributed by atoms with Crippen LogP contribution in [0.4, 0.5) is 22.7 Å². The minimum Gasteiger partial charge on any atom is -0.456 e. The molecule has 0 spiro atoms. The number of nitrogens with zero attached hydrogens (tertiary/aromatic N) is 2. The third-order valence-electron chi connectivity index (χ3n) is 10.6. The molecule has 2 aromatic heterocycles. The molecule has 1 unspecified atom stereocenters. The summed E-state index contributed by atoms with van der Waals surface area (Å²) >= 11 is 0. The van der Waals surface area contributed by atoms with Crippen molar-refractivity contribution in [3.63, 3.8) is 0 Å². The topological polar surface area (TPSA) is 51.2 Å². The number of furan rings is 2. The van der Waals surface area contributed by atoms with E-state index in [2.05, 4.69) is 146 Å². The molecular weight excluding hydrogens is 638 g/mol. The van der Waals surface area contributed by atoms with Crippen LogP contribution >= 0.6 is 8.22 Å². The smallest absolute Gasteiger partial charge is 0.456 e. The summed E-state index contributed by atoms with van der Waals surface area (Å²) in [5.74, 6) is 0. The fourth-order valence-electron chi connectivity index (χ4n) is 7.29. The Kier molecular flexibility index (Phi) is 6.39. The van der Waals surface area contributed by atoms with Crippen LogP contribution < -0.4 is 20.1 Å². The predicted octanol–water partition coefficient (Wildman–Crippen LogP) is 10.7. The molecule has 0 N–H and O–H groups in total. The van der Waals surface area contributed by atoms with E-state index in [4.69, 9.17) is 18.1 Å². The average molecular weight is 673 g/mol. The molecule has 8 aromatic rings. The SMILES string of the molecule is CC1(C)OB(c2ccc3c(c2)N(c2ccc4oc5ccccc5c4c2)P(c2ccccc2)N3c2ccc3oc4ccccc4c3c2)OC1(C)C. The Morgan fingerprint density at radius 3 is 1.56 bits per heavy atom. The zero-order valence-corrected chi connectivity index (χ0v) is 29.1. The minimum absolute atomic E-state index is 0.449. The van der Waals surface area contributed by atoms with Crippen molar-refractivity contribution in [1.29, 1.82) is 0 Å². The van der Waals surface area contributed by atoms with Gasteiger partial charge in [0.1, 0.15) is 30.6 Å². The number of anilines is 4. The summed E-state index contributed by atoms with van der Waals surface area (Å²) < 4.78 is 30.7. The average Bonchev–Trinajstić information content (AvgIpc) is 3.84. The highest BCUT2D eigenvalue weighted by atomic mass is 31.1. The molecule has 4 heterocycles. The molecule has 2 aliphatic heterocycles. The lowest BCUT2D eigenvalue weighted by Gasteiger charge is -2.33. The lowest BCUT2D eigenvalue weighted by molar-refractivity contribution is 0.00578. The molecule has 1 atom stereocenters. The summed E-state index contributed by atoms with van der Waals surface area (Å²) in [7, 11) is -1.64. The standard InChI is InChI=1S/C42H34BN2O4P/c1-41(2)42(3,4)49-43(48-41)27-18-21-35-36(24-27)45(29-20-23-40-34(26-29)32-15-9-11-17-38(32)47-40)50(30-12-6-5-7-13-30)44(35)28-19-22-39-33(25-28)31-14-8-10-16-37(31)46-39/h5-26H,1-4H3. The number of rotatable bonds is 4. The Balaban J connectivity index is 1.22. The van der Waals surface area contributed by atoms with Gasteiger partial charge in [-0.2, -0.15) is 0 Å². The van der Waals surface area contributed by atoms with Crippen LogP contribution in [-0.4, -0.2) is 18.3 Å². The van der Waals surface area contributed by atoms with E-state index < -0.39 is 26.5 Å². The van der Waals surface area contributed by atoms with Gasteiger partial charge >= 0.3 is 7.12 Å². The zero-order chi connectivity index (χ0) is 33.8. The van der Waals surface area contributed by atoms with E-state index in [9.17, 15) is 0 Å². The van der Waals surface area contributed by atoms with Crippen LogP contribution in [0.1, 0.15) is 27.7 Å². The van der Waals surface area contributed by atoms with Gasteiger partial charge in [0.2, 0.25) is 0 Å². The Bertz CT molecular complexity index is 2600. The fraction of sp³-hybridized carbons (Fsp3) is 0.143. The second-order valence-corrected chi connectivity index (χ2v) is 16.0. The molecule has 0 saturated carbocycles. The highest BCUT2D eigenvalue weighted by molar-refractivity contribution is 7.70. The largest absolute Gasteiger partial charge is 0.494 e. The van der Waals surface area contributed by atoms with Gasteiger partial charge < -0.3 is 18.1 Å². The van der Waals surface area contributed by atoms with Crippen molar-refractivity contribution < 1.29 is 18.1 Å². The zero-order valence-electron chi connectivity index (χ0n) is 28.3. The molecule has 2 aliphatic rings. The first-order valence-electron chi connectivity index (χ1n) is 17.0. The highest BCUT2D eigenvalue weighted by Gasteiger charge is 2.52. The van der Waals surface area contributed by atoms with E-state index in [1.165, 1.54) is 5.30 Å². The van der Waals surface area contributed by atoms with E-state index in [1.54, 1.807) is 0 Å². The molecule has 10 rings (SSSR count). The monoisotopic (exact) mass is 672 g/mol. The van der Waals surface area contributed by atoms with Crippen LogP contribution in [0.15, 0.2) is 142 Å². The highest BCUT2D eigenvalue weighted by Crippen LogP contribution is 2.65. The molecule has 8 heteroatoms. The van der Waals surface area contributed by atoms with Crippen molar-refractivity contribution in [1.82, 2.24) is 0 Å². The van der Waals surface area contributed by atoms with Crippen molar-refractivity contribution in [2.24, 2.45) is 0 Å². The molecule has 0 aliphatic carbocycles. The van der Waals surface area contributed by atoms with Crippen molar-refractivity contribution in [3.05, 3.63) is 133 Å². The van der Waals surface area contributed by atoms with Crippen LogP contribution in [0.5, 0.6) is 0 Å². The van der Waals surface area contributed by atoms with Crippen LogP contribution in [0.3, 0.4) is 0 Å². The first kappa shape index (κ1) is 29.8. The van der Waals surface area contributed by atoms with Crippen molar-refractivity contribution >= 4 is 92.7 Å². The van der Waals surface area contributed by atoms with Crippen LogP contribution in [0, 0.1) is 0 Å². The summed E-state index contributed by atoms with van der Waals surface area (Å²) in [6.45, 7) is 8.40. The van der Waals surface area contributed by atoms with E-state index in [0.29, 0.717) is 0 Å². The lowest BCUT2D eigenvalue weighted by atomic mass is 9.78. The minimum atomic E-state index is -1.15. The first-order chi connectivity index (χ1) is 24.3. The van der Waals surface area contributed by atoms with Gasteiger partial charge in [0, 0.05) is 38.2 Å². The van der Waals surface area contributed by atoms with Gasteiger partial charge in [-0.15, -0.1) is 0 Å². The summed E-state index contributed by atoms with van der Waals surface area (Å²) in [5.41, 5.74) is 8.01. The molecule has 0 radical (unpaired) electrons. The number of hydrogen-bond donors (Lipinski definition) is 0. The number of benzene rings is 6. The second-order valence-electron chi connectivity index (χ2n) is 14.1. The molecule has 50 heavy (non-hydrogen) atoms. The quantitative estimate of drug-likeness (QED) is 0.137.